The van der Waals surface area contributed by atoms with Crippen molar-refractivity contribution in [1.82, 2.24) is 9.88 Å². The van der Waals surface area contributed by atoms with Gasteiger partial charge in [0, 0.05) is 25.2 Å². The van der Waals surface area contributed by atoms with Crippen LogP contribution in [0.2, 0.25) is 0 Å². The second-order valence-electron chi connectivity index (χ2n) is 6.79. The molecule has 0 saturated carbocycles. The Morgan fingerprint density at radius 2 is 1.81 bits per heavy atom. The number of carbonyl (C=O) groups excluding carboxylic acids is 1. The van der Waals surface area contributed by atoms with Gasteiger partial charge in [0.2, 0.25) is 0 Å². The van der Waals surface area contributed by atoms with Crippen molar-refractivity contribution in [3.63, 3.8) is 0 Å². The molecule has 1 N–H and O–H groups in total. The highest BCUT2D eigenvalue weighted by atomic mass is 32.2. The van der Waals surface area contributed by atoms with Crippen LogP contribution in [0.4, 0.5) is 0 Å². The van der Waals surface area contributed by atoms with Crippen molar-refractivity contribution in [3.8, 4) is 5.75 Å². The largest absolute Gasteiger partial charge is 0.419 e. The van der Waals surface area contributed by atoms with Crippen molar-refractivity contribution in [2.45, 2.75) is 11.4 Å². The zero-order valence-corrected chi connectivity index (χ0v) is 17.3. The van der Waals surface area contributed by atoms with Gasteiger partial charge >= 0.3 is 15.9 Å². The third kappa shape index (κ3) is 4.36. The van der Waals surface area contributed by atoms with E-state index in [1.54, 1.807) is 6.07 Å². The minimum atomic E-state index is -4.21. The maximum absolute atomic E-state index is 12.7. The number of hydrogen-bond acceptors (Lipinski definition) is 6. The van der Waals surface area contributed by atoms with Crippen LogP contribution >= 0.6 is 0 Å². The minimum absolute atomic E-state index is 0.0121. The summed E-state index contributed by atoms with van der Waals surface area (Å²) in [5.41, 5.74) is 1.79. The van der Waals surface area contributed by atoms with E-state index in [1.165, 1.54) is 48.0 Å². The van der Waals surface area contributed by atoms with Gasteiger partial charge in [-0.15, -0.1) is 0 Å². The fourth-order valence-electron chi connectivity index (χ4n) is 3.01. The van der Waals surface area contributed by atoms with Gasteiger partial charge in [-0.25, -0.2) is 4.79 Å². The van der Waals surface area contributed by atoms with E-state index in [4.69, 9.17) is 8.60 Å². The van der Waals surface area contributed by atoms with Gasteiger partial charge in [-0.2, -0.15) is 8.42 Å². The van der Waals surface area contributed by atoms with Crippen molar-refractivity contribution < 1.29 is 21.8 Å². The Morgan fingerprint density at radius 1 is 1.03 bits per heavy atom. The Balaban J connectivity index is 1.52. The molecule has 0 atom stereocenters. The van der Waals surface area contributed by atoms with Crippen LogP contribution in [0.15, 0.2) is 86.9 Å². The highest BCUT2D eigenvalue weighted by molar-refractivity contribution is 7.87. The number of oxazole rings is 1. The minimum Gasteiger partial charge on any atom is -0.408 e. The summed E-state index contributed by atoms with van der Waals surface area (Å²) < 4.78 is 36.9. The molecule has 1 amide bonds. The van der Waals surface area contributed by atoms with Gasteiger partial charge in [-0.3, -0.25) is 9.36 Å². The fraction of sp³-hybridized carbons (Fsp3) is 0.0909. The highest BCUT2D eigenvalue weighted by Crippen LogP contribution is 2.23. The molecule has 0 fully saturated rings. The van der Waals surface area contributed by atoms with Crippen molar-refractivity contribution in [3.05, 3.63) is 94.5 Å². The molecule has 3 aromatic carbocycles. The summed E-state index contributed by atoms with van der Waals surface area (Å²) >= 11 is 0. The van der Waals surface area contributed by atoms with Gasteiger partial charge < -0.3 is 13.9 Å². The maximum Gasteiger partial charge on any atom is 0.419 e. The summed E-state index contributed by atoms with van der Waals surface area (Å²) in [5.74, 6) is -0.971. The molecular weight excluding hydrogens is 420 g/mol. The van der Waals surface area contributed by atoms with Crippen molar-refractivity contribution in [1.29, 1.82) is 0 Å². The second kappa shape index (κ2) is 8.11. The normalized spacial score (nSPS) is 11.4. The smallest absolute Gasteiger partial charge is 0.408 e. The second-order valence-corrected chi connectivity index (χ2v) is 8.34. The fourth-order valence-corrected chi connectivity index (χ4v) is 3.95. The first-order valence-corrected chi connectivity index (χ1v) is 10.7. The molecule has 0 aliphatic carbocycles. The molecule has 4 aromatic rings. The lowest BCUT2D eigenvalue weighted by Gasteiger charge is -2.09. The summed E-state index contributed by atoms with van der Waals surface area (Å²) in [6, 6.07) is 19.3. The Hall–Kier alpha value is -3.85. The van der Waals surface area contributed by atoms with Crippen LogP contribution < -0.4 is 15.3 Å². The van der Waals surface area contributed by atoms with Crippen LogP contribution in [-0.4, -0.2) is 18.9 Å². The number of carbonyl (C=O) groups is 1. The number of nitrogens with one attached hydrogen (secondary N) is 1. The summed E-state index contributed by atoms with van der Waals surface area (Å²) in [4.78, 5) is 23.9. The number of amides is 1. The molecule has 31 heavy (non-hydrogen) atoms. The molecule has 9 heteroatoms. The van der Waals surface area contributed by atoms with E-state index in [0.29, 0.717) is 12.1 Å². The molecule has 158 valence electrons. The quantitative estimate of drug-likeness (QED) is 0.464. The summed E-state index contributed by atoms with van der Waals surface area (Å²) in [5, 5.41) is 2.78. The molecule has 4 rings (SSSR count). The third-order valence-electron chi connectivity index (χ3n) is 4.65. The van der Waals surface area contributed by atoms with Crippen molar-refractivity contribution in [2.24, 2.45) is 7.05 Å². The molecule has 0 saturated heterocycles. The monoisotopic (exact) mass is 438 g/mol. The van der Waals surface area contributed by atoms with E-state index in [-0.39, 0.29) is 27.7 Å². The van der Waals surface area contributed by atoms with E-state index >= 15 is 0 Å². The molecular formula is C22H18N2O6S. The van der Waals surface area contributed by atoms with Gasteiger partial charge in [-0.05, 0) is 35.9 Å². The number of rotatable bonds is 6. The Kier molecular flexibility index (Phi) is 5.35. The summed E-state index contributed by atoms with van der Waals surface area (Å²) in [6.07, 6.45) is 0. The average Bonchev–Trinajstić information content (AvgIpc) is 3.05. The first-order chi connectivity index (χ1) is 14.8. The predicted molar refractivity (Wildman–Crippen MR) is 113 cm³/mol. The first-order valence-electron chi connectivity index (χ1n) is 9.30. The molecule has 0 aliphatic rings. The van der Waals surface area contributed by atoms with Gasteiger partial charge in [0.1, 0.15) is 10.6 Å². The SMILES string of the molecule is Cn1c(=O)oc2cc(S(=O)(=O)Oc3cccc(C(=O)NCc4ccccc4)c3)ccc21. The standard InChI is InChI=1S/C22H18N2O6S/c1-24-19-11-10-18(13-20(19)29-22(24)26)31(27,28)30-17-9-5-8-16(12-17)21(25)23-14-15-6-3-2-4-7-15/h2-13H,14H2,1H3,(H,23,25). The van der Waals surface area contributed by atoms with Crippen LogP contribution in [0, 0.1) is 0 Å². The Labute approximate surface area is 177 Å². The number of fused-ring (bicyclic) bond motifs is 1. The third-order valence-corrected chi connectivity index (χ3v) is 5.89. The summed E-state index contributed by atoms with van der Waals surface area (Å²) in [6.45, 7) is 0.339. The first kappa shape index (κ1) is 20.4. The van der Waals surface area contributed by atoms with E-state index < -0.39 is 15.9 Å². The lowest BCUT2D eigenvalue weighted by Crippen LogP contribution is -2.22. The van der Waals surface area contributed by atoms with E-state index in [2.05, 4.69) is 5.32 Å². The molecule has 0 radical (unpaired) electrons. The highest BCUT2D eigenvalue weighted by Gasteiger charge is 2.20. The number of aromatic nitrogens is 1. The molecule has 0 unspecified atom stereocenters. The van der Waals surface area contributed by atoms with Crippen LogP contribution in [0.25, 0.3) is 11.1 Å². The molecule has 1 heterocycles. The average molecular weight is 438 g/mol. The van der Waals surface area contributed by atoms with Crippen LogP contribution in [-0.2, 0) is 23.7 Å². The molecule has 0 spiro atoms. The number of benzene rings is 3. The molecule has 0 bridgehead atoms. The molecule has 1 aromatic heterocycles. The topological polar surface area (TPSA) is 108 Å². The number of aryl methyl sites for hydroxylation is 1. The van der Waals surface area contributed by atoms with Crippen molar-refractivity contribution >= 4 is 27.1 Å². The lowest BCUT2D eigenvalue weighted by molar-refractivity contribution is 0.0950. The maximum atomic E-state index is 12.7. The lowest BCUT2D eigenvalue weighted by atomic mass is 10.2. The van der Waals surface area contributed by atoms with Crippen molar-refractivity contribution in [2.75, 3.05) is 0 Å². The van der Waals surface area contributed by atoms with Crippen LogP contribution in [0.3, 0.4) is 0 Å². The van der Waals surface area contributed by atoms with Gasteiger partial charge in [0.15, 0.2) is 5.58 Å². The van der Waals surface area contributed by atoms with Gasteiger partial charge in [0.25, 0.3) is 5.91 Å². The van der Waals surface area contributed by atoms with Crippen LogP contribution in [0.1, 0.15) is 15.9 Å². The van der Waals surface area contributed by atoms with Gasteiger partial charge in [0.05, 0.1) is 5.52 Å². The van der Waals surface area contributed by atoms with E-state index in [1.807, 2.05) is 30.3 Å². The summed E-state index contributed by atoms with van der Waals surface area (Å²) in [7, 11) is -2.69. The van der Waals surface area contributed by atoms with E-state index in [9.17, 15) is 18.0 Å². The Bertz CT molecular complexity index is 1420. The number of hydrogen-bond donors (Lipinski definition) is 1. The Morgan fingerprint density at radius 3 is 2.58 bits per heavy atom. The molecule has 0 aliphatic heterocycles. The zero-order chi connectivity index (χ0) is 22.0. The van der Waals surface area contributed by atoms with E-state index in [0.717, 1.165) is 5.56 Å². The predicted octanol–water partition coefficient (Wildman–Crippen LogP) is 2.83. The van der Waals surface area contributed by atoms with Crippen LogP contribution in [0.5, 0.6) is 5.75 Å². The molecule has 8 nitrogen and oxygen atoms in total. The van der Waals surface area contributed by atoms with Gasteiger partial charge in [-0.1, -0.05) is 36.4 Å². The zero-order valence-electron chi connectivity index (χ0n) is 16.4. The number of nitrogens with zero attached hydrogens (tertiary/aromatic N) is 1.